The third kappa shape index (κ3) is 3.61. The molecule has 0 spiro atoms. The minimum absolute atomic E-state index is 0.108. The van der Waals surface area contributed by atoms with Crippen molar-refractivity contribution in [1.82, 2.24) is 4.90 Å². The molecule has 1 heterocycles. The van der Waals surface area contributed by atoms with Crippen molar-refractivity contribution in [1.29, 1.82) is 0 Å². The van der Waals surface area contributed by atoms with Gasteiger partial charge in [-0.25, -0.2) is 4.79 Å². The Bertz CT molecular complexity index is 465. The first-order chi connectivity index (χ1) is 9.10. The van der Waals surface area contributed by atoms with Crippen LogP contribution >= 0.6 is 11.6 Å². The lowest BCUT2D eigenvalue weighted by atomic mass is 9.99. The molecule has 4 nitrogen and oxygen atoms in total. The van der Waals surface area contributed by atoms with Gasteiger partial charge in [-0.1, -0.05) is 11.6 Å². The Balaban J connectivity index is 2.00. The standard InChI is InChI=1S/C14H19ClN2O2/c1-10-7-12(15)4-5-13(10)16-14(19)17-6-2-3-11(8-17)9-18/h4-5,7,11,18H,2-3,6,8-9H2,1H3,(H,16,19). The molecule has 1 atom stereocenters. The van der Waals surface area contributed by atoms with Crippen LogP contribution in [0.5, 0.6) is 0 Å². The molecule has 1 aliphatic rings. The second kappa shape index (κ2) is 6.26. The zero-order valence-corrected chi connectivity index (χ0v) is 11.8. The predicted molar refractivity (Wildman–Crippen MR) is 76.6 cm³/mol. The van der Waals surface area contributed by atoms with E-state index in [0.717, 1.165) is 30.6 Å². The Morgan fingerprint density at radius 1 is 1.58 bits per heavy atom. The number of benzene rings is 1. The summed E-state index contributed by atoms with van der Waals surface area (Å²) in [5, 5.41) is 12.7. The van der Waals surface area contributed by atoms with Crippen molar-refractivity contribution >= 4 is 23.3 Å². The van der Waals surface area contributed by atoms with Crippen molar-refractivity contribution < 1.29 is 9.90 Å². The van der Waals surface area contributed by atoms with Crippen molar-refractivity contribution in [3.05, 3.63) is 28.8 Å². The topological polar surface area (TPSA) is 52.6 Å². The highest BCUT2D eigenvalue weighted by Gasteiger charge is 2.23. The van der Waals surface area contributed by atoms with Gasteiger partial charge in [0.05, 0.1) is 0 Å². The second-order valence-corrected chi connectivity index (χ2v) is 5.46. The van der Waals surface area contributed by atoms with E-state index in [9.17, 15) is 9.90 Å². The van der Waals surface area contributed by atoms with Gasteiger partial charge < -0.3 is 15.3 Å². The Hall–Kier alpha value is -1.26. The summed E-state index contributed by atoms with van der Waals surface area (Å²) in [6.07, 6.45) is 1.93. The molecule has 104 valence electrons. The zero-order valence-electron chi connectivity index (χ0n) is 11.0. The molecule has 0 saturated carbocycles. The fourth-order valence-electron chi connectivity index (χ4n) is 2.36. The Morgan fingerprint density at radius 2 is 2.37 bits per heavy atom. The second-order valence-electron chi connectivity index (χ2n) is 5.03. The number of anilines is 1. The summed E-state index contributed by atoms with van der Waals surface area (Å²) in [5.41, 5.74) is 1.72. The van der Waals surface area contributed by atoms with Crippen LogP contribution in [0, 0.1) is 12.8 Å². The number of piperidine rings is 1. The minimum atomic E-state index is -0.108. The number of urea groups is 1. The number of nitrogens with one attached hydrogen (secondary N) is 1. The molecule has 0 aliphatic carbocycles. The third-order valence-electron chi connectivity index (χ3n) is 3.49. The average Bonchev–Trinajstić information content (AvgIpc) is 2.42. The molecule has 1 aromatic rings. The minimum Gasteiger partial charge on any atom is -0.396 e. The summed E-state index contributed by atoms with van der Waals surface area (Å²) in [6.45, 7) is 3.42. The maximum atomic E-state index is 12.2. The van der Waals surface area contributed by atoms with E-state index in [-0.39, 0.29) is 18.6 Å². The third-order valence-corrected chi connectivity index (χ3v) is 3.73. The molecular weight excluding hydrogens is 264 g/mol. The molecular formula is C14H19ClN2O2. The summed E-state index contributed by atoms with van der Waals surface area (Å²) in [5.74, 6) is 0.200. The van der Waals surface area contributed by atoms with Gasteiger partial charge >= 0.3 is 6.03 Å². The number of likely N-dealkylation sites (tertiary alicyclic amines) is 1. The summed E-state index contributed by atoms with van der Waals surface area (Å²) >= 11 is 5.89. The number of aliphatic hydroxyl groups is 1. The van der Waals surface area contributed by atoms with Crippen LogP contribution in [0.15, 0.2) is 18.2 Å². The van der Waals surface area contributed by atoms with Crippen LogP contribution < -0.4 is 5.32 Å². The van der Waals surface area contributed by atoms with Crippen molar-refractivity contribution in [3.8, 4) is 0 Å². The van der Waals surface area contributed by atoms with E-state index in [1.54, 1.807) is 11.0 Å². The van der Waals surface area contributed by atoms with Gasteiger partial charge in [0.15, 0.2) is 0 Å². The van der Waals surface area contributed by atoms with Crippen LogP contribution in [-0.2, 0) is 0 Å². The molecule has 1 fully saturated rings. The number of aliphatic hydroxyl groups excluding tert-OH is 1. The van der Waals surface area contributed by atoms with E-state index in [2.05, 4.69) is 5.32 Å². The SMILES string of the molecule is Cc1cc(Cl)ccc1NC(=O)N1CCCC(CO)C1. The number of carbonyl (C=O) groups is 1. The zero-order chi connectivity index (χ0) is 13.8. The van der Waals surface area contributed by atoms with Gasteiger partial charge in [0.2, 0.25) is 0 Å². The van der Waals surface area contributed by atoms with Crippen LogP contribution in [0.2, 0.25) is 5.02 Å². The highest BCUT2D eigenvalue weighted by molar-refractivity contribution is 6.30. The van der Waals surface area contributed by atoms with Crippen molar-refractivity contribution in [2.75, 3.05) is 25.0 Å². The summed E-state index contributed by atoms with van der Waals surface area (Å²) < 4.78 is 0. The first kappa shape index (κ1) is 14.2. The number of rotatable bonds is 2. The molecule has 0 aromatic heterocycles. The van der Waals surface area contributed by atoms with E-state index >= 15 is 0 Å². The molecule has 1 aliphatic heterocycles. The van der Waals surface area contributed by atoms with Crippen LogP contribution in [0.25, 0.3) is 0 Å². The average molecular weight is 283 g/mol. The largest absolute Gasteiger partial charge is 0.396 e. The van der Waals surface area contributed by atoms with Gasteiger partial charge in [0.25, 0.3) is 0 Å². The van der Waals surface area contributed by atoms with Gasteiger partial charge in [0.1, 0.15) is 0 Å². The van der Waals surface area contributed by atoms with Crippen LogP contribution in [0.4, 0.5) is 10.5 Å². The highest BCUT2D eigenvalue weighted by atomic mass is 35.5. The summed E-state index contributed by atoms with van der Waals surface area (Å²) in [6, 6.07) is 5.28. The van der Waals surface area contributed by atoms with E-state index in [1.165, 1.54) is 0 Å². The lowest BCUT2D eigenvalue weighted by Crippen LogP contribution is -2.43. The monoisotopic (exact) mass is 282 g/mol. The predicted octanol–water partition coefficient (Wildman–Crippen LogP) is 2.88. The first-order valence-corrected chi connectivity index (χ1v) is 6.91. The quantitative estimate of drug-likeness (QED) is 0.876. The van der Waals surface area contributed by atoms with Crippen LogP contribution in [0.1, 0.15) is 18.4 Å². The molecule has 1 aromatic carbocycles. The molecule has 2 amide bonds. The molecule has 0 bridgehead atoms. The fraction of sp³-hybridized carbons (Fsp3) is 0.500. The number of nitrogens with zero attached hydrogens (tertiary/aromatic N) is 1. The number of aryl methyl sites for hydroxylation is 1. The first-order valence-electron chi connectivity index (χ1n) is 6.53. The van der Waals surface area contributed by atoms with Crippen LogP contribution in [-0.4, -0.2) is 35.7 Å². The molecule has 5 heteroatoms. The molecule has 2 rings (SSSR count). The van der Waals surface area contributed by atoms with Gasteiger partial charge in [-0.15, -0.1) is 0 Å². The van der Waals surface area contributed by atoms with E-state index in [0.29, 0.717) is 11.6 Å². The smallest absolute Gasteiger partial charge is 0.321 e. The lowest BCUT2D eigenvalue weighted by Gasteiger charge is -2.32. The number of hydrogen-bond acceptors (Lipinski definition) is 2. The number of hydrogen-bond donors (Lipinski definition) is 2. The fourth-order valence-corrected chi connectivity index (χ4v) is 2.59. The lowest BCUT2D eigenvalue weighted by molar-refractivity contribution is 0.136. The Morgan fingerprint density at radius 3 is 3.05 bits per heavy atom. The van der Waals surface area contributed by atoms with Gasteiger partial charge in [-0.05, 0) is 49.4 Å². The number of amides is 2. The van der Waals surface area contributed by atoms with Crippen molar-refractivity contribution in [3.63, 3.8) is 0 Å². The maximum Gasteiger partial charge on any atom is 0.321 e. The van der Waals surface area contributed by atoms with Crippen molar-refractivity contribution in [2.24, 2.45) is 5.92 Å². The van der Waals surface area contributed by atoms with E-state index in [4.69, 9.17) is 11.6 Å². The van der Waals surface area contributed by atoms with Crippen molar-refractivity contribution in [2.45, 2.75) is 19.8 Å². The Labute approximate surface area is 118 Å². The number of carbonyl (C=O) groups excluding carboxylic acids is 1. The normalized spacial score (nSPS) is 19.3. The molecule has 1 saturated heterocycles. The van der Waals surface area contributed by atoms with Gasteiger partial charge in [-0.2, -0.15) is 0 Å². The van der Waals surface area contributed by atoms with Gasteiger partial charge in [0, 0.05) is 30.4 Å². The molecule has 0 radical (unpaired) electrons. The summed E-state index contributed by atoms with van der Waals surface area (Å²) in [7, 11) is 0. The molecule has 2 N–H and O–H groups in total. The summed E-state index contributed by atoms with van der Waals surface area (Å²) in [4.78, 5) is 13.9. The molecule has 19 heavy (non-hydrogen) atoms. The van der Waals surface area contributed by atoms with E-state index in [1.807, 2.05) is 19.1 Å². The number of halogens is 1. The van der Waals surface area contributed by atoms with E-state index < -0.39 is 0 Å². The van der Waals surface area contributed by atoms with Gasteiger partial charge in [-0.3, -0.25) is 0 Å². The van der Waals surface area contributed by atoms with Crippen LogP contribution in [0.3, 0.4) is 0 Å². The maximum absolute atomic E-state index is 12.2. The highest BCUT2D eigenvalue weighted by Crippen LogP contribution is 2.21. The molecule has 1 unspecified atom stereocenters. The Kier molecular flexibility index (Phi) is 4.66.